The second kappa shape index (κ2) is 5.87. The molecule has 100 valence electrons. The van der Waals surface area contributed by atoms with E-state index in [-0.39, 0.29) is 0 Å². The summed E-state index contributed by atoms with van der Waals surface area (Å²) >= 11 is 6.09. The molecule has 1 aromatic rings. The molecule has 2 rings (SSSR count). The van der Waals surface area contributed by atoms with Gasteiger partial charge in [-0.2, -0.15) is 0 Å². The van der Waals surface area contributed by atoms with E-state index in [1.165, 1.54) is 19.3 Å². The van der Waals surface area contributed by atoms with E-state index in [4.69, 9.17) is 11.6 Å². The van der Waals surface area contributed by atoms with Crippen LogP contribution in [-0.4, -0.2) is 23.1 Å². The highest BCUT2D eigenvalue weighted by Crippen LogP contribution is 2.27. The normalized spacial score (nSPS) is 19.8. The first-order valence-electron chi connectivity index (χ1n) is 6.89. The summed E-state index contributed by atoms with van der Waals surface area (Å²) in [5.41, 5.74) is 0. The SMILES string of the molecule is CCCC1CCN(c2cc(Cl)nc(C(C)C)n2)C1. The molecule has 1 aliphatic rings. The third-order valence-corrected chi connectivity index (χ3v) is 3.72. The molecule has 0 N–H and O–H groups in total. The molecule has 1 aromatic heterocycles. The van der Waals surface area contributed by atoms with Crippen LogP contribution in [0.2, 0.25) is 5.15 Å². The van der Waals surface area contributed by atoms with Crippen molar-refractivity contribution in [3.8, 4) is 0 Å². The number of aromatic nitrogens is 2. The molecule has 1 fully saturated rings. The number of rotatable bonds is 4. The zero-order valence-electron chi connectivity index (χ0n) is 11.5. The molecular formula is C14H22ClN3. The fraction of sp³-hybridized carbons (Fsp3) is 0.714. The number of halogens is 1. The zero-order valence-corrected chi connectivity index (χ0v) is 12.2. The molecule has 18 heavy (non-hydrogen) atoms. The van der Waals surface area contributed by atoms with Crippen molar-refractivity contribution in [3.05, 3.63) is 17.0 Å². The summed E-state index contributed by atoms with van der Waals surface area (Å²) in [6, 6.07) is 1.89. The minimum absolute atomic E-state index is 0.316. The topological polar surface area (TPSA) is 29.0 Å². The van der Waals surface area contributed by atoms with Crippen molar-refractivity contribution in [1.82, 2.24) is 9.97 Å². The van der Waals surface area contributed by atoms with Gasteiger partial charge >= 0.3 is 0 Å². The Morgan fingerprint density at radius 2 is 2.22 bits per heavy atom. The van der Waals surface area contributed by atoms with Crippen LogP contribution in [0, 0.1) is 5.92 Å². The third kappa shape index (κ3) is 3.14. The minimum atomic E-state index is 0.316. The Balaban J connectivity index is 2.14. The van der Waals surface area contributed by atoms with Crippen molar-refractivity contribution in [2.24, 2.45) is 5.92 Å². The molecular weight excluding hydrogens is 246 g/mol. The van der Waals surface area contributed by atoms with Crippen LogP contribution in [0.3, 0.4) is 0 Å². The molecule has 0 saturated carbocycles. The van der Waals surface area contributed by atoms with Crippen LogP contribution in [0.1, 0.15) is 51.8 Å². The van der Waals surface area contributed by atoms with E-state index in [1.807, 2.05) is 6.07 Å². The summed E-state index contributed by atoms with van der Waals surface area (Å²) < 4.78 is 0. The standard InChI is InChI=1S/C14H22ClN3/c1-4-5-11-6-7-18(9-11)13-8-12(15)16-14(17-13)10(2)3/h8,10-11H,4-7,9H2,1-3H3. The molecule has 0 aromatic carbocycles. The summed E-state index contributed by atoms with van der Waals surface area (Å²) in [4.78, 5) is 11.3. The molecule has 0 bridgehead atoms. The predicted molar refractivity (Wildman–Crippen MR) is 76.4 cm³/mol. The summed E-state index contributed by atoms with van der Waals surface area (Å²) in [7, 11) is 0. The maximum absolute atomic E-state index is 6.09. The van der Waals surface area contributed by atoms with Crippen LogP contribution in [-0.2, 0) is 0 Å². The molecule has 1 aliphatic heterocycles. The van der Waals surface area contributed by atoms with Gasteiger partial charge in [-0.25, -0.2) is 9.97 Å². The quantitative estimate of drug-likeness (QED) is 0.776. The van der Waals surface area contributed by atoms with E-state index in [9.17, 15) is 0 Å². The van der Waals surface area contributed by atoms with E-state index in [0.29, 0.717) is 11.1 Å². The molecule has 1 saturated heterocycles. The van der Waals surface area contributed by atoms with Crippen LogP contribution < -0.4 is 4.90 Å². The second-order valence-electron chi connectivity index (χ2n) is 5.45. The fourth-order valence-corrected chi connectivity index (χ4v) is 2.71. The predicted octanol–water partition coefficient (Wildman–Crippen LogP) is 3.88. The lowest BCUT2D eigenvalue weighted by Gasteiger charge is -2.19. The Labute approximate surface area is 115 Å². The van der Waals surface area contributed by atoms with E-state index in [2.05, 4.69) is 35.6 Å². The van der Waals surface area contributed by atoms with Gasteiger partial charge < -0.3 is 4.90 Å². The molecule has 4 heteroatoms. The number of anilines is 1. The Morgan fingerprint density at radius 3 is 2.89 bits per heavy atom. The maximum Gasteiger partial charge on any atom is 0.135 e. The Bertz CT molecular complexity index is 406. The van der Waals surface area contributed by atoms with Crippen LogP contribution in [0.25, 0.3) is 0 Å². The molecule has 0 amide bonds. The van der Waals surface area contributed by atoms with Crippen molar-refractivity contribution in [3.63, 3.8) is 0 Å². The zero-order chi connectivity index (χ0) is 13.1. The van der Waals surface area contributed by atoms with Gasteiger partial charge in [0.05, 0.1) is 0 Å². The van der Waals surface area contributed by atoms with Crippen LogP contribution in [0.4, 0.5) is 5.82 Å². The van der Waals surface area contributed by atoms with Gasteiger partial charge in [-0.3, -0.25) is 0 Å². The van der Waals surface area contributed by atoms with Crippen molar-refractivity contribution >= 4 is 17.4 Å². The van der Waals surface area contributed by atoms with Gasteiger partial charge in [0.25, 0.3) is 0 Å². The van der Waals surface area contributed by atoms with Crippen molar-refractivity contribution in [2.45, 2.75) is 46.0 Å². The van der Waals surface area contributed by atoms with Crippen LogP contribution in [0.5, 0.6) is 0 Å². The van der Waals surface area contributed by atoms with Crippen LogP contribution in [0.15, 0.2) is 6.07 Å². The second-order valence-corrected chi connectivity index (χ2v) is 5.84. The average Bonchev–Trinajstić information content (AvgIpc) is 2.77. The van der Waals surface area contributed by atoms with Crippen molar-refractivity contribution < 1.29 is 0 Å². The summed E-state index contributed by atoms with van der Waals surface area (Å²) in [5, 5.41) is 0.558. The monoisotopic (exact) mass is 267 g/mol. The highest BCUT2D eigenvalue weighted by molar-refractivity contribution is 6.29. The lowest BCUT2D eigenvalue weighted by molar-refractivity contribution is 0.529. The Kier molecular flexibility index (Phi) is 4.44. The van der Waals surface area contributed by atoms with Gasteiger partial charge in [0.2, 0.25) is 0 Å². The van der Waals surface area contributed by atoms with E-state index in [1.54, 1.807) is 0 Å². The highest BCUT2D eigenvalue weighted by Gasteiger charge is 2.23. The van der Waals surface area contributed by atoms with Crippen molar-refractivity contribution in [1.29, 1.82) is 0 Å². The fourth-order valence-electron chi connectivity index (χ4n) is 2.53. The van der Waals surface area contributed by atoms with E-state index < -0.39 is 0 Å². The van der Waals surface area contributed by atoms with Gasteiger partial charge in [-0.1, -0.05) is 38.8 Å². The van der Waals surface area contributed by atoms with Crippen molar-refractivity contribution in [2.75, 3.05) is 18.0 Å². The molecule has 0 radical (unpaired) electrons. The van der Waals surface area contributed by atoms with E-state index >= 15 is 0 Å². The smallest absolute Gasteiger partial charge is 0.135 e. The highest BCUT2D eigenvalue weighted by atomic mass is 35.5. The average molecular weight is 268 g/mol. The van der Waals surface area contributed by atoms with Gasteiger partial charge in [-0.05, 0) is 18.8 Å². The summed E-state index contributed by atoms with van der Waals surface area (Å²) in [5.74, 6) is 2.97. The summed E-state index contributed by atoms with van der Waals surface area (Å²) in [6.07, 6.45) is 3.85. The number of hydrogen-bond acceptors (Lipinski definition) is 3. The molecule has 1 atom stereocenters. The maximum atomic E-state index is 6.09. The largest absolute Gasteiger partial charge is 0.356 e. The number of nitrogens with zero attached hydrogens (tertiary/aromatic N) is 3. The number of hydrogen-bond donors (Lipinski definition) is 0. The summed E-state index contributed by atoms with van der Waals surface area (Å²) in [6.45, 7) is 8.65. The van der Waals surface area contributed by atoms with Gasteiger partial charge in [0, 0.05) is 25.1 Å². The molecule has 2 heterocycles. The van der Waals surface area contributed by atoms with E-state index in [0.717, 1.165) is 30.6 Å². The lowest BCUT2D eigenvalue weighted by atomic mass is 10.0. The molecule has 0 aliphatic carbocycles. The molecule has 0 spiro atoms. The minimum Gasteiger partial charge on any atom is -0.356 e. The van der Waals surface area contributed by atoms with Gasteiger partial charge in [0.1, 0.15) is 16.8 Å². The Morgan fingerprint density at radius 1 is 1.44 bits per heavy atom. The van der Waals surface area contributed by atoms with Gasteiger partial charge in [0.15, 0.2) is 0 Å². The third-order valence-electron chi connectivity index (χ3n) is 3.52. The van der Waals surface area contributed by atoms with Gasteiger partial charge in [-0.15, -0.1) is 0 Å². The molecule has 1 unspecified atom stereocenters. The lowest BCUT2D eigenvalue weighted by Crippen LogP contribution is -2.21. The molecule has 3 nitrogen and oxygen atoms in total. The first kappa shape index (κ1) is 13.6. The first-order valence-corrected chi connectivity index (χ1v) is 7.27. The Hall–Kier alpha value is -0.830. The van der Waals surface area contributed by atoms with Crippen LogP contribution >= 0.6 is 11.6 Å². The first-order chi connectivity index (χ1) is 8.60.